The van der Waals surface area contributed by atoms with Gasteiger partial charge in [0.2, 0.25) is 4.77 Å². The summed E-state index contributed by atoms with van der Waals surface area (Å²) in [5.41, 5.74) is 1.85. The lowest BCUT2D eigenvalue weighted by molar-refractivity contribution is 0.871. The van der Waals surface area contributed by atoms with Crippen LogP contribution in [0.2, 0.25) is 0 Å². The molecule has 0 amide bonds. The van der Waals surface area contributed by atoms with Crippen molar-refractivity contribution in [1.82, 2.24) is 19.9 Å². The van der Waals surface area contributed by atoms with Crippen LogP contribution in [0.1, 0.15) is 5.56 Å². The fourth-order valence-corrected chi connectivity index (χ4v) is 2.35. The molecule has 0 spiro atoms. The molecule has 0 aliphatic heterocycles. The number of benzene rings is 1. The number of hydrogen-bond donors (Lipinski definition) is 1. The number of pyridine rings is 1. The van der Waals surface area contributed by atoms with Crippen LogP contribution in [0.3, 0.4) is 0 Å². The molecule has 5 nitrogen and oxygen atoms in total. The first-order chi connectivity index (χ1) is 10.3. The molecular weight excluding hydrogens is 350 g/mol. The average Bonchev–Trinajstić information content (AvgIpc) is 2.88. The van der Waals surface area contributed by atoms with Crippen LogP contribution < -0.4 is 0 Å². The SMILES string of the molecule is S=c1[nH]nc(-c2ccncc2)n1/N=C\c1ccccc1Br. The lowest BCUT2D eigenvalue weighted by atomic mass is 10.2. The largest absolute Gasteiger partial charge is 0.265 e. The van der Waals surface area contributed by atoms with Gasteiger partial charge in [0.05, 0.1) is 6.21 Å². The maximum atomic E-state index is 5.22. The quantitative estimate of drug-likeness (QED) is 0.573. The molecular formula is C14H10BrN5S. The lowest BCUT2D eigenvalue weighted by Crippen LogP contribution is -1.95. The van der Waals surface area contributed by atoms with Gasteiger partial charge in [-0.2, -0.15) is 14.9 Å². The van der Waals surface area contributed by atoms with E-state index in [4.69, 9.17) is 12.2 Å². The van der Waals surface area contributed by atoms with Crippen LogP contribution in [-0.4, -0.2) is 26.1 Å². The molecule has 3 aromatic rings. The minimum Gasteiger partial charge on any atom is -0.265 e. The van der Waals surface area contributed by atoms with Gasteiger partial charge in [0.15, 0.2) is 5.82 Å². The number of hydrogen-bond acceptors (Lipinski definition) is 4. The first-order valence-electron chi connectivity index (χ1n) is 6.12. The fraction of sp³-hybridized carbons (Fsp3) is 0. The van der Waals surface area contributed by atoms with Crippen molar-refractivity contribution in [2.45, 2.75) is 0 Å². The van der Waals surface area contributed by atoms with Crippen molar-refractivity contribution in [2.75, 3.05) is 0 Å². The number of halogens is 1. The maximum absolute atomic E-state index is 5.22. The standard InChI is InChI=1S/C14H10BrN5S/c15-12-4-2-1-3-11(12)9-17-20-13(18-19-14(20)21)10-5-7-16-8-6-10/h1-9H,(H,19,21)/b17-9-. The zero-order valence-electron chi connectivity index (χ0n) is 10.8. The monoisotopic (exact) mass is 359 g/mol. The zero-order chi connectivity index (χ0) is 14.7. The summed E-state index contributed by atoms with van der Waals surface area (Å²) in [4.78, 5) is 3.99. The van der Waals surface area contributed by atoms with Crippen LogP contribution >= 0.6 is 28.1 Å². The molecule has 2 heterocycles. The van der Waals surface area contributed by atoms with E-state index in [1.165, 1.54) is 0 Å². The van der Waals surface area contributed by atoms with E-state index >= 15 is 0 Å². The number of H-pyrrole nitrogens is 1. The summed E-state index contributed by atoms with van der Waals surface area (Å²) in [6, 6.07) is 11.5. The van der Waals surface area contributed by atoms with Crippen molar-refractivity contribution < 1.29 is 0 Å². The third-order valence-corrected chi connectivity index (χ3v) is 3.79. The predicted molar refractivity (Wildman–Crippen MR) is 87.8 cm³/mol. The highest BCUT2D eigenvalue weighted by molar-refractivity contribution is 9.10. The second kappa shape index (κ2) is 6.11. The molecule has 0 aliphatic rings. The molecule has 0 saturated heterocycles. The number of nitrogens with one attached hydrogen (secondary N) is 1. The van der Waals surface area contributed by atoms with E-state index in [0.717, 1.165) is 15.6 Å². The summed E-state index contributed by atoms with van der Waals surface area (Å²) in [6.45, 7) is 0. The summed E-state index contributed by atoms with van der Waals surface area (Å²) >= 11 is 8.71. The number of aromatic nitrogens is 4. The van der Waals surface area contributed by atoms with Crippen molar-refractivity contribution in [1.29, 1.82) is 0 Å². The molecule has 3 rings (SSSR count). The lowest BCUT2D eigenvalue weighted by Gasteiger charge is -2.01. The summed E-state index contributed by atoms with van der Waals surface area (Å²) < 4.78 is 2.99. The van der Waals surface area contributed by atoms with E-state index in [1.54, 1.807) is 23.3 Å². The normalized spacial score (nSPS) is 11.1. The zero-order valence-corrected chi connectivity index (χ0v) is 13.2. The molecule has 0 unspecified atom stereocenters. The molecule has 1 N–H and O–H groups in total. The van der Waals surface area contributed by atoms with Crippen LogP contribution in [0.4, 0.5) is 0 Å². The molecule has 0 radical (unpaired) electrons. The highest BCUT2D eigenvalue weighted by Crippen LogP contribution is 2.17. The van der Waals surface area contributed by atoms with Crippen LogP contribution in [0.25, 0.3) is 11.4 Å². The Balaban J connectivity index is 2.02. The van der Waals surface area contributed by atoms with Crippen molar-refractivity contribution in [2.24, 2.45) is 5.10 Å². The third-order valence-electron chi connectivity index (χ3n) is 2.81. The first-order valence-corrected chi connectivity index (χ1v) is 7.32. The van der Waals surface area contributed by atoms with Gasteiger partial charge in [-0.05, 0) is 30.4 Å². The molecule has 0 fully saturated rings. The van der Waals surface area contributed by atoms with Gasteiger partial charge >= 0.3 is 0 Å². The Bertz CT molecular complexity index is 838. The van der Waals surface area contributed by atoms with Gasteiger partial charge in [-0.15, -0.1) is 0 Å². The van der Waals surface area contributed by atoms with Crippen molar-refractivity contribution in [3.63, 3.8) is 0 Å². The van der Waals surface area contributed by atoms with Gasteiger partial charge in [-0.3, -0.25) is 4.98 Å². The fourth-order valence-electron chi connectivity index (χ4n) is 1.79. The highest BCUT2D eigenvalue weighted by atomic mass is 79.9. The van der Waals surface area contributed by atoms with Gasteiger partial charge in [-0.25, -0.2) is 5.10 Å². The van der Waals surface area contributed by atoms with Gasteiger partial charge < -0.3 is 0 Å². The predicted octanol–water partition coefficient (Wildman–Crippen LogP) is 3.65. The summed E-state index contributed by atoms with van der Waals surface area (Å²) in [7, 11) is 0. The summed E-state index contributed by atoms with van der Waals surface area (Å²) in [6.07, 6.45) is 5.14. The van der Waals surface area contributed by atoms with E-state index in [0.29, 0.717) is 10.6 Å². The van der Waals surface area contributed by atoms with Gasteiger partial charge in [0.25, 0.3) is 0 Å². The van der Waals surface area contributed by atoms with Crippen LogP contribution in [0.15, 0.2) is 58.4 Å². The average molecular weight is 360 g/mol. The minimum absolute atomic E-state index is 0.435. The van der Waals surface area contributed by atoms with Crippen molar-refractivity contribution in [3.05, 3.63) is 63.6 Å². The molecule has 7 heteroatoms. The Morgan fingerprint density at radius 2 is 1.95 bits per heavy atom. The Labute approximate surface area is 134 Å². The van der Waals surface area contributed by atoms with Crippen LogP contribution in [0.5, 0.6) is 0 Å². The Kier molecular flexibility index (Phi) is 4.03. The molecule has 0 saturated carbocycles. The first kappa shape index (κ1) is 13.8. The third kappa shape index (κ3) is 2.98. The molecule has 0 aliphatic carbocycles. The number of rotatable bonds is 3. The summed E-state index contributed by atoms with van der Waals surface area (Å²) in [5.74, 6) is 0.644. The number of aromatic amines is 1. The topological polar surface area (TPSA) is 58.9 Å². The Morgan fingerprint density at radius 1 is 1.19 bits per heavy atom. The molecule has 0 bridgehead atoms. The maximum Gasteiger partial charge on any atom is 0.216 e. The van der Waals surface area contributed by atoms with E-state index < -0.39 is 0 Å². The molecule has 0 atom stereocenters. The number of nitrogens with zero attached hydrogens (tertiary/aromatic N) is 4. The second-order valence-electron chi connectivity index (χ2n) is 4.17. The van der Waals surface area contributed by atoms with Crippen molar-refractivity contribution >= 4 is 34.4 Å². The van der Waals surface area contributed by atoms with E-state index in [-0.39, 0.29) is 0 Å². The highest BCUT2D eigenvalue weighted by Gasteiger charge is 2.07. The van der Waals surface area contributed by atoms with Gasteiger partial charge in [-0.1, -0.05) is 34.1 Å². The molecule has 104 valence electrons. The van der Waals surface area contributed by atoms with Crippen molar-refractivity contribution in [3.8, 4) is 11.4 Å². The van der Waals surface area contributed by atoms with E-state index in [2.05, 4.69) is 36.2 Å². The summed E-state index contributed by atoms with van der Waals surface area (Å²) in [5, 5.41) is 11.4. The van der Waals surface area contributed by atoms with E-state index in [1.807, 2.05) is 36.4 Å². The Hall–Kier alpha value is -2.12. The second-order valence-corrected chi connectivity index (χ2v) is 5.41. The van der Waals surface area contributed by atoms with Crippen LogP contribution in [-0.2, 0) is 0 Å². The molecule has 1 aromatic carbocycles. The van der Waals surface area contributed by atoms with Gasteiger partial charge in [0.1, 0.15) is 0 Å². The molecule has 21 heavy (non-hydrogen) atoms. The van der Waals surface area contributed by atoms with Gasteiger partial charge in [0, 0.05) is 28.0 Å². The smallest absolute Gasteiger partial charge is 0.216 e. The minimum atomic E-state index is 0.435. The van der Waals surface area contributed by atoms with E-state index in [9.17, 15) is 0 Å². The van der Waals surface area contributed by atoms with Crippen LogP contribution in [0, 0.1) is 4.77 Å². The Morgan fingerprint density at radius 3 is 2.71 bits per heavy atom. The molecule has 2 aromatic heterocycles.